The molecule has 1 N–H and O–H groups in total. The number of rotatable bonds is 1. The Morgan fingerprint density at radius 3 is 2.72 bits per heavy atom. The second kappa shape index (κ2) is 4.37. The van der Waals surface area contributed by atoms with Crippen LogP contribution in [0.3, 0.4) is 0 Å². The van der Waals surface area contributed by atoms with E-state index in [1.165, 1.54) is 5.57 Å². The van der Waals surface area contributed by atoms with Crippen LogP contribution in [0.15, 0.2) is 23.1 Å². The van der Waals surface area contributed by atoms with Crippen molar-refractivity contribution in [3.8, 4) is 0 Å². The zero-order valence-corrected chi connectivity index (χ0v) is 10.5. The number of hydrogen-bond acceptors (Lipinski definition) is 3. The van der Waals surface area contributed by atoms with Crippen LogP contribution in [0.2, 0.25) is 0 Å². The van der Waals surface area contributed by atoms with Gasteiger partial charge in [-0.3, -0.25) is 4.79 Å². The van der Waals surface area contributed by atoms with E-state index in [2.05, 4.69) is 11.1 Å². The van der Waals surface area contributed by atoms with E-state index in [-0.39, 0.29) is 11.3 Å². The highest BCUT2D eigenvalue weighted by Gasteiger charge is 2.37. The van der Waals surface area contributed by atoms with E-state index in [4.69, 9.17) is 9.47 Å². The first-order valence-corrected chi connectivity index (χ1v) is 6.35. The Balaban J connectivity index is 1.83. The molecule has 4 heteroatoms. The number of hydrogen-bond donors (Lipinski definition) is 1. The Hall–Kier alpha value is -1.39. The molecule has 0 amide bonds. The van der Waals surface area contributed by atoms with E-state index in [0.717, 1.165) is 30.4 Å². The predicted molar refractivity (Wildman–Crippen MR) is 68.3 cm³/mol. The fourth-order valence-corrected chi connectivity index (χ4v) is 2.61. The molecule has 0 aromatic carbocycles. The molecule has 2 heterocycles. The fraction of sp³-hybridized carbons (Fsp3) is 0.500. The maximum Gasteiger partial charge on any atom is 0.250 e. The molecule has 0 saturated carbocycles. The zero-order valence-electron chi connectivity index (χ0n) is 10.5. The minimum atomic E-state index is -0.374. The summed E-state index contributed by atoms with van der Waals surface area (Å²) in [4.78, 5) is 14.1. The SMILES string of the molecule is Cc1cc(C2=CCC3(CC2)OCCO3)c[nH]c1=O. The van der Waals surface area contributed by atoms with Crippen LogP contribution in [0, 0.1) is 6.92 Å². The summed E-state index contributed by atoms with van der Waals surface area (Å²) in [6, 6.07) is 1.94. The molecule has 1 fully saturated rings. The fourth-order valence-electron chi connectivity index (χ4n) is 2.61. The molecule has 1 saturated heterocycles. The average molecular weight is 247 g/mol. The molecule has 0 radical (unpaired) electrons. The van der Waals surface area contributed by atoms with Crippen molar-refractivity contribution in [3.63, 3.8) is 0 Å². The molecule has 1 aromatic rings. The molecule has 4 nitrogen and oxygen atoms in total. The summed E-state index contributed by atoms with van der Waals surface area (Å²) in [6.07, 6.45) is 6.56. The maximum absolute atomic E-state index is 11.3. The van der Waals surface area contributed by atoms with Crippen molar-refractivity contribution in [2.75, 3.05) is 13.2 Å². The van der Waals surface area contributed by atoms with Gasteiger partial charge in [0, 0.05) is 24.6 Å². The molecule has 18 heavy (non-hydrogen) atoms. The van der Waals surface area contributed by atoms with Crippen molar-refractivity contribution in [2.45, 2.75) is 32.0 Å². The molecule has 1 aliphatic carbocycles. The summed E-state index contributed by atoms with van der Waals surface area (Å²) >= 11 is 0. The van der Waals surface area contributed by atoms with Gasteiger partial charge in [0.05, 0.1) is 13.2 Å². The van der Waals surface area contributed by atoms with Crippen LogP contribution in [0.1, 0.15) is 30.4 Å². The number of allylic oxidation sites excluding steroid dienone is 1. The number of H-pyrrole nitrogens is 1. The highest BCUT2D eigenvalue weighted by Crippen LogP contribution is 2.37. The minimum absolute atomic E-state index is 0.0194. The summed E-state index contributed by atoms with van der Waals surface area (Å²) in [5.41, 5.74) is 3.09. The first-order chi connectivity index (χ1) is 8.69. The predicted octanol–water partition coefficient (Wildman–Crippen LogP) is 1.99. The third kappa shape index (κ3) is 2.02. The standard InChI is InChI=1S/C14H17NO3/c1-10-8-12(9-15-13(10)16)11-2-4-14(5-3-11)17-6-7-18-14/h2,8-9H,3-7H2,1H3,(H,15,16). The van der Waals surface area contributed by atoms with Crippen LogP contribution in [0.4, 0.5) is 0 Å². The van der Waals surface area contributed by atoms with Crippen molar-refractivity contribution < 1.29 is 9.47 Å². The quantitative estimate of drug-likeness (QED) is 0.825. The van der Waals surface area contributed by atoms with Gasteiger partial charge < -0.3 is 14.5 Å². The largest absolute Gasteiger partial charge is 0.347 e. The Morgan fingerprint density at radius 2 is 2.11 bits per heavy atom. The Bertz CT molecular complexity index is 538. The van der Waals surface area contributed by atoms with Gasteiger partial charge in [-0.25, -0.2) is 0 Å². The van der Waals surface area contributed by atoms with Crippen LogP contribution in [0.5, 0.6) is 0 Å². The molecule has 96 valence electrons. The van der Waals surface area contributed by atoms with Crippen molar-refractivity contribution in [1.29, 1.82) is 0 Å². The highest BCUT2D eigenvalue weighted by molar-refractivity contribution is 5.66. The first-order valence-electron chi connectivity index (χ1n) is 6.35. The normalized spacial score (nSPS) is 22.2. The van der Waals surface area contributed by atoms with Gasteiger partial charge in [-0.2, -0.15) is 0 Å². The van der Waals surface area contributed by atoms with Crippen LogP contribution >= 0.6 is 0 Å². The summed E-state index contributed by atoms with van der Waals surface area (Å²) in [5.74, 6) is -0.374. The third-order valence-corrected chi connectivity index (χ3v) is 3.71. The number of nitrogens with one attached hydrogen (secondary N) is 1. The second-order valence-electron chi connectivity index (χ2n) is 4.94. The van der Waals surface area contributed by atoms with Gasteiger partial charge in [-0.05, 0) is 30.5 Å². The van der Waals surface area contributed by atoms with Gasteiger partial charge in [0.25, 0.3) is 5.56 Å². The lowest BCUT2D eigenvalue weighted by Crippen LogP contribution is -2.31. The monoisotopic (exact) mass is 247 g/mol. The average Bonchev–Trinajstić information content (AvgIpc) is 2.82. The van der Waals surface area contributed by atoms with Crippen LogP contribution in [0.25, 0.3) is 5.57 Å². The number of aryl methyl sites for hydroxylation is 1. The minimum Gasteiger partial charge on any atom is -0.347 e. The molecule has 0 unspecified atom stereocenters. The number of aromatic nitrogens is 1. The molecular formula is C14H17NO3. The van der Waals surface area contributed by atoms with Gasteiger partial charge in [-0.1, -0.05) is 6.08 Å². The first kappa shape index (κ1) is 11.7. The molecule has 0 atom stereocenters. The van der Waals surface area contributed by atoms with Crippen LogP contribution in [-0.2, 0) is 9.47 Å². The summed E-state index contributed by atoms with van der Waals surface area (Å²) < 4.78 is 11.4. The van der Waals surface area contributed by atoms with Crippen LogP contribution < -0.4 is 5.56 Å². The topological polar surface area (TPSA) is 51.3 Å². The van der Waals surface area contributed by atoms with Gasteiger partial charge in [0.15, 0.2) is 5.79 Å². The van der Waals surface area contributed by atoms with Crippen molar-refractivity contribution in [2.24, 2.45) is 0 Å². The van der Waals surface area contributed by atoms with Gasteiger partial charge in [0.1, 0.15) is 0 Å². The number of ether oxygens (including phenoxy) is 2. The molecule has 0 bridgehead atoms. The van der Waals surface area contributed by atoms with E-state index in [9.17, 15) is 4.79 Å². The lowest BCUT2D eigenvalue weighted by atomic mass is 9.90. The molecule has 1 aliphatic heterocycles. The Kier molecular flexibility index (Phi) is 2.84. The van der Waals surface area contributed by atoms with Gasteiger partial charge in [-0.15, -0.1) is 0 Å². The molecule has 1 aromatic heterocycles. The van der Waals surface area contributed by atoms with Crippen LogP contribution in [-0.4, -0.2) is 24.0 Å². The van der Waals surface area contributed by atoms with E-state index >= 15 is 0 Å². The second-order valence-corrected chi connectivity index (χ2v) is 4.94. The van der Waals surface area contributed by atoms with Crippen molar-refractivity contribution in [1.82, 2.24) is 4.98 Å². The van der Waals surface area contributed by atoms with E-state index in [1.807, 2.05) is 13.0 Å². The van der Waals surface area contributed by atoms with E-state index in [0.29, 0.717) is 13.2 Å². The van der Waals surface area contributed by atoms with E-state index in [1.54, 1.807) is 6.20 Å². The molecular weight excluding hydrogens is 230 g/mol. The van der Waals surface area contributed by atoms with Crippen molar-refractivity contribution in [3.05, 3.63) is 39.8 Å². The molecule has 1 spiro atoms. The number of pyridine rings is 1. The highest BCUT2D eigenvalue weighted by atomic mass is 16.7. The number of aromatic amines is 1. The maximum atomic E-state index is 11.3. The Labute approximate surface area is 106 Å². The smallest absolute Gasteiger partial charge is 0.250 e. The lowest BCUT2D eigenvalue weighted by molar-refractivity contribution is -0.159. The summed E-state index contributed by atoms with van der Waals surface area (Å²) in [5, 5.41) is 0. The summed E-state index contributed by atoms with van der Waals surface area (Å²) in [7, 11) is 0. The van der Waals surface area contributed by atoms with E-state index < -0.39 is 0 Å². The molecule has 3 rings (SSSR count). The summed E-state index contributed by atoms with van der Waals surface area (Å²) in [6.45, 7) is 3.22. The zero-order chi connectivity index (χ0) is 12.6. The third-order valence-electron chi connectivity index (χ3n) is 3.71. The van der Waals surface area contributed by atoms with Crippen molar-refractivity contribution >= 4 is 5.57 Å². The van der Waals surface area contributed by atoms with Gasteiger partial charge >= 0.3 is 0 Å². The lowest BCUT2D eigenvalue weighted by Gasteiger charge is -2.30. The van der Waals surface area contributed by atoms with Gasteiger partial charge in [0.2, 0.25) is 0 Å². The Morgan fingerprint density at radius 1 is 1.33 bits per heavy atom. The molecule has 2 aliphatic rings.